The van der Waals surface area contributed by atoms with E-state index in [0.717, 1.165) is 25.7 Å². The lowest BCUT2D eigenvalue weighted by atomic mass is 9.85. The monoisotopic (exact) mass is 328 g/mol. The van der Waals surface area contributed by atoms with Crippen molar-refractivity contribution in [2.45, 2.75) is 58.1 Å². The van der Waals surface area contributed by atoms with Crippen molar-refractivity contribution in [3.8, 4) is 0 Å². The van der Waals surface area contributed by atoms with Crippen LogP contribution in [0.1, 0.15) is 45.4 Å². The van der Waals surface area contributed by atoms with E-state index in [4.69, 9.17) is 4.74 Å². The Labute approximate surface area is 141 Å². The molecule has 1 aliphatic carbocycles. The first-order valence-electron chi connectivity index (χ1n) is 8.82. The van der Waals surface area contributed by atoms with Gasteiger partial charge in [-0.1, -0.05) is 25.5 Å². The molecule has 0 N–H and O–H groups in total. The maximum atomic E-state index is 12.4. The number of aromatic nitrogens is 2. The average molecular weight is 328 g/mol. The minimum atomic E-state index is -0.222. The summed E-state index contributed by atoms with van der Waals surface area (Å²) in [5.41, 5.74) is 0.562. The number of nitrogens with zero attached hydrogens (tertiary/aromatic N) is 2. The zero-order valence-electron chi connectivity index (χ0n) is 14.1. The number of benzene rings is 1. The van der Waals surface area contributed by atoms with Crippen molar-refractivity contribution >= 4 is 16.9 Å². The second-order valence-corrected chi connectivity index (χ2v) is 6.49. The van der Waals surface area contributed by atoms with Crippen molar-refractivity contribution in [3.63, 3.8) is 0 Å². The van der Waals surface area contributed by atoms with Crippen LogP contribution < -0.4 is 5.56 Å². The number of para-hydroxylation sites is 1. The van der Waals surface area contributed by atoms with E-state index in [-0.39, 0.29) is 24.1 Å². The van der Waals surface area contributed by atoms with Crippen LogP contribution in [-0.2, 0) is 16.1 Å². The van der Waals surface area contributed by atoms with Crippen LogP contribution >= 0.6 is 0 Å². The van der Waals surface area contributed by atoms with Crippen LogP contribution in [0.5, 0.6) is 0 Å². The maximum absolute atomic E-state index is 12.4. The number of ether oxygens (including phenoxy) is 1. The molecule has 3 rings (SSSR count). The molecule has 1 fully saturated rings. The number of aryl methyl sites for hydroxylation is 1. The molecule has 24 heavy (non-hydrogen) atoms. The van der Waals surface area contributed by atoms with Gasteiger partial charge in [0.25, 0.3) is 5.56 Å². The quantitative estimate of drug-likeness (QED) is 0.790. The Kier molecular flexibility index (Phi) is 5.28. The first-order chi connectivity index (χ1) is 11.7. The van der Waals surface area contributed by atoms with Crippen LogP contribution in [0.15, 0.2) is 35.4 Å². The molecule has 0 amide bonds. The number of esters is 1. The third-order valence-corrected chi connectivity index (χ3v) is 4.93. The Hall–Kier alpha value is -2.17. The second-order valence-electron chi connectivity index (χ2n) is 6.49. The van der Waals surface area contributed by atoms with E-state index in [9.17, 15) is 9.59 Å². The van der Waals surface area contributed by atoms with E-state index >= 15 is 0 Å². The summed E-state index contributed by atoms with van der Waals surface area (Å²) >= 11 is 0. The van der Waals surface area contributed by atoms with Crippen LogP contribution in [0.25, 0.3) is 10.9 Å². The van der Waals surface area contributed by atoms with Gasteiger partial charge in [0.15, 0.2) is 0 Å². The van der Waals surface area contributed by atoms with Crippen molar-refractivity contribution in [2.24, 2.45) is 5.92 Å². The van der Waals surface area contributed by atoms with Gasteiger partial charge in [-0.25, -0.2) is 4.98 Å². The molecular weight excluding hydrogens is 304 g/mol. The molecule has 1 aliphatic rings. The van der Waals surface area contributed by atoms with Crippen LogP contribution in [-0.4, -0.2) is 21.6 Å². The normalized spacial score (nSPS) is 20.9. The Morgan fingerprint density at radius 2 is 2.08 bits per heavy atom. The van der Waals surface area contributed by atoms with E-state index in [2.05, 4.69) is 11.9 Å². The Bertz CT molecular complexity index is 769. The number of hydrogen-bond donors (Lipinski definition) is 0. The summed E-state index contributed by atoms with van der Waals surface area (Å²) in [6.07, 6.45) is 7.26. The van der Waals surface area contributed by atoms with E-state index in [1.807, 2.05) is 18.2 Å². The van der Waals surface area contributed by atoms with Crippen LogP contribution in [0.2, 0.25) is 0 Å². The molecule has 5 heteroatoms. The molecule has 2 unspecified atom stereocenters. The third-order valence-electron chi connectivity index (χ3n) is 4.93. The zero-order chi connectivity index (χ0) is 16.9. The summed E-state index contributed by atoms with van der Waals surface area (Å²) in [6.45, 7) is 2.45. The largest absolute Gasteiger partial charge is 0.462 e. The fourth-order valence-corrected chi connectivity index (χ4v) is 3.50. The van der Waals surface area contributed by atoms with Gasteiger partial charge in [-0.05, 0) is 43.7 Å². The van der Waals surface area contributed by atoms with Gasteiger partial charge >= 0.3 is 5.97 Å². The summed E-state index contributed by atoms with van der Waals surface area (Å²) in [5, 5.41) is 0.576. The minimum absolute atomic E-state index is 0.0442. The summed E-state index contributed by atoms with van der Waals surface area (Å²) in [5.74, 6) is 0.258. The van der Waals surface area contributed by atoms with Crippen LogP contribution in [0.4, 0.5) is 0 Å². The van der Waals surface area contributed by atoms with E-state index in [0.29, 0.717) is 23.4 Å². The number of carbonyl (C=O) groups is 1. The van der Waals surface area contributed by atoms with Gasteiger partial charge in [0.1, 0.15) is 6.10 Å². The maximum Gasteiger partial charge on any atom is 0.307 e. The summed E-state index contributed by atoms with van der Waals surface area (Å²) in [7, 11) is 0. The summed E-state index contributed by atoms with van der Waals surface area (Å²) < 4.78 is 7.16. The Balaban J connectivity index is 1.62. The molecule has 0 bridgehead atoms. The molecule has 1 aromatic carbocycles. The number of carbonyl (C=O) groups excluding carboxylic acids is 1. The van der Waals surface area contributed by atoms with Crippen molar-refractivity contribution in [1.82, 2.24) is 9.55 Å². The van der Waals surface area contributed by atoms with E-state index < -0.39 is 0 Å². The van der Waals surface area contributed by atoms with Gasteiger partial charge in [0, 0.05) is 6.54 Å². The second kappa shape index (κ2) is 7.60. The van der Waals surface area contributed by atoms with Crippen LogP contribution in [0.3, 0.4) is 0 Å². The summed E-state index contributed by atoms with van der Waals surface area (Å²) in [4.78, 5) is 28.8. The highest BCUT2D eigenvalue weighted by Gasteiger charge is 2.26. The number of fused-ring (bicyclic) bond motifs is 1. The number of rotatable bonds is 5. The molecule has 1 saturated carbocycles. The van der Waals surface area contributed by atoms with E-state index in [1.54, 1.807) is 6.07 Å². The molecule has 1 aromatic heterocycles. The fourth-order valence-electron chi connectivity index (χ4n) is 3.50. The Morgan fingerprint density at radius 1 is 1.29 bits per heavy atom. The molecule has 2 atom stereocenters. The summed E-state index contributed by atoms with van der Waals surface area (Å²) in [6, 6.07) is 7.24. The topological polar surface area (TPSA) is 61.2 Å². The van der Waals surface area contributed by atoms with Gasteiger partial charge in [0.2, 0.25) is 0 Å². The molecule has 0 spiro atoms. The molecule has 5 nitrogen and oxygen atoms in total. The van der Waals surface area contributed by atoms with Gasteiger partial charge in [-0.3, -0.25) is 14.2 Å². The highest BCUT2D eigenvalue weighted by atomic mass is 16.5. The van der Waals surface area contributed by atoms with Gasteiger partial charge < -0.3 is 4.74 Å². The predicted molar refractivity (Wildman–Crippen MR) is 92.7 cm³/mol. The number of hydrogen-bond acceptors (Lipinski definition) is 4. The smallest absolute Gasteiger partial charge is 0.307 e. The lowest BCUT2D eigenvalue weighted by Gasteiger charge is -2.30. The first kappa shape index (κ1) is 16.7. The Morgan fingerprint density at radius 3 is 2.92 bits per heavy atom. The lowest BCUT2D eigenvalue weighted by molar-refractivity contribution is -0.154. The highest BCUT2D eigenvalue weighted by molar-refractivity contribution is 5.77. The highest BCUT2D eigenvalue weighted by Crippen LogP contribution is 2.29. The molecule has 0 saturated heterocycles. The van der Waals surface area contributed by atoms with Crippen LogP contribution in [0, 0.1) is 5.92 Å². The van der Waals surface area contributed by atoms with Gasteiger partial charge in [-0.15, -0.1) is 0 Å². The fraction of sp³-hybridized carbons (Fsp3) is 0.526. The lowest BCUT2D eigenvalue weighted by Crippen LogP contribution is -2.30. The first-order valence-corrected chi connectivity index (χ1v) is 8.82. The van der Waals surface area contributed by atoms with Crippen molar-refractivity contribution in [3.05, 3.63) is 40.9 Å². The average Bonchev–Trinajstić information content (AvgIpc) is 2.62. The molecule has 0 radical (unpaired) electrons. The molecule has 0 aliphatic heterocycles. The molecular formula is C19H24N2O3. The molecule has 2 aromatic rings. The van der Waals surface area contributed by atoms with Gasteiger partial charge in [0.05, 0.1) is 23.7 Å². The van der Waals surface area contributed by atoms with Gasteiger partial charge in [-0.2, -0.15) is 0 Å². The van der Waals surface area contributed by atoms with Crippen molar-refractivity contribution in [1.29, 1.82) is 0 Å². The SMILES string of the molecule is CCC1CCCCC1OC(=O)CCn1cnc2ccccc2c1=O. The minimum Gasteiger partial charge on any atom is -0.462 e. The molecule has 1 heterocycles. The third kappa shape index (κ3) is 3.66. The zero-order valence-corrected chi connectivity index (χ0v) is 14.1. The predicted octanol–water partition coefficient (Wildman–Crippen LogP) is 3.30. The standard InChI is InChI=1S/C19H24N2O3/c1-2-14-7-3-6-10-17(14)24-18(22)11-12-21-13-20-16-9-5-4-8-15(16)19(21)23/h4-5,8-9,13-14,17H,2-3,6-7,10-12H2,1H3. The van der Waals surface area contributed by atoms with Crippen molar-refractivity contribution < 1.29 is 9.53 Å². The molecule has 128 valence electrons. The van der Waals surface area contributed by atoms with E-state index in [1.165, 1.54) is 17.3 Å². The van der Waals surface area contributed by atoms with Crippen molar-refractivity contribution in [2.75, 3.05) is 0 Å².